The molecule has 0 radical (unpaired) electrons. The number of nitrogens with two attached hydrogens (primary N) is 2. The van der Waals surface area contributed by atoms with Gasteiger partial charge in [-0.25, -0.2) is 0 Å². The first-order chi connectivity index (χ1) is 5.70. The zero-order valence-corrected chi connectivity index (χ0v) is 6.70. The van der Waals surface area contributed by atoms with Crippen molar-refractivity contribution in [3.05, 3.63) is 48.4 Å². The van der Waals surface area contributed by atoms with Gasteiger partial charge in [-0.2, -0.15) is 0 Å². The number of allylic oxidation sites excluding steroid dienone is 1. The smallest absolute Gasteiger partial charge is 0.0423 e. The van der Waals surface area contributed by atoms with Crippen LogP contribution < -0.4 is 11.5 Å². The van der Waals surface area contributed by atoms with E-state index in [1.165, 1.54) is 0 Å². The highest BCUT2D eigenvalue weighted by Gasteiger charge is 1.93. The largest absolute Gasteiger partial charge is 0.399 e. The molecular weight excluding hydrogens is 150 g/mol. The molecule has 0 aliphatic heterocycles. The van der Waals surface area contributed by atoms with Gasteiger partial charge >= 0.3 is 0 Å². The molecule has 0 saturated carbocycles. The molecule has 1 rings (SSSR count). The van der Waals surface area contributed by atoms with Gasteiger partial charge in [-0.3, -0.25) is 4.98 Å². The molecular formula is C9H11N3. The minimum Gasteiger partial charge on any atom is -0.399 e. The molecule has 0 atom stereocenters. The van der Waals surface area contributed by atoms with E-state index in [1.54, 1.807) is 18.5 Å². The molecule has 0 saturated heterocycles. The van der Waals surface area contributed by atoms with Crippen LogP contribution in [-0.4, -0.2) is 4.98 Å². The Morgan fingerprint density at radius 1 is 1.50 bits per heavy atom. The Kier molecular flexibility index (Phi) is 2.48. The van der Waals surface area contributed by atoms with E-state index < -0.39 is 0 Å². The quantitative estimate of drug-likeness (QED) is 0.632. The number of hydrogen-bond donors (Lipinski definition) is 2. The molecule has 1 aromatic heterocycles. The molecule has 3 heteroatoms. The van der Waals surface area contributed by atoms with Gasteiger partial charge < -0.3 is 11.5 Å². The normalized spacial score (nSPS) is 11.2. The second-order valence-electron chi connectivity index (χ2n) is 2.42. The molecule has 0 aliphatic carbocycles. The first-order valence-corrected chi connectivity index (χ1v) is 3.52. The molecule has 3 nitrogen and oxygen atoms in total. The van der Waals surface area contributed by atoms with E-state index in [0.29, 0.717) is 11.4 Å². The maximum atomic E-state index is 5.68. The lowest BCUT2D eigenvalue weighted by atomic mass is 10.2. The molecule has 0 unspecified atom stereocenters. The predicted molar refractivity (Wildman–Crippen MR) is 49.7 cm³/mol. The lowest BCUT2D eigenvalue weighted by Gasteiger charge is -1.99. The summed E-state index contributed by atoms with van der Waals surface area (Å²) < 4.78 is 0. The van der Waals surface area contributed by atoms with Crippen molar-refractivity contribution in [3.63, 3.8) is 0 Å². The number of hydrogen-bond acceptors (Lipinski definition) is 3. The Labute approximate surface area is 71.4 Å². The first-order valence-electron chi connectivity index (χ1n) is 3.52. The molecule has 0 fully saturated rings. The van der Waals surface area contributed by atoms with Gasteiger partial charge in [-0.05, 0) is 18.2 Å². The number of pyridine rings is 1. The molecule has 0 aromatic carbocycles. The fraction of sp³-hybridized carbons (Fsp3) is 0. The Bertz CT molecular complexity index is 301. The Balaban J connectivity index is 2.93. The molecule has 1 aromatic rings. The monoisotopic (exact) mass is 161 g/mol. The molecule has 1 heterocycles. The van der Waals surface area contributed by atoms with E-state index >= 15 is 0 Å². The molecule has 0 spiro atoms. The third-order valence-corrected chi connectivity index (χ3v) is 1.34. The number of aromatic nitrogens is 1. The fourth-order valence-electron chi connectivity index (χ4n) is 0.817. The van der Waals surface area contributed by atoms with Gasteiger partial charge in [0.05, 0.1) is 0 Å². The van der Waals surface area contributed by atoms with Gasteiger partial charge in [0.2, 0.25) is 0 Å². The molecule has 0 amide bonds. The summed E-state index contributed by atoms with van der Waals surface area (Å²) in [7, 11) is 0. The van der Waals surface area contributed by atoms with Crippen LogP contribution in [0.15, 0.2) is 42.9 Å². The third kappa shape index (κ3) is 2.12. The number of nitrogens with zero attached hydrogens (tertiary/aromatic N) is 1. The number of rotatable bonds is 2. The van der Waals surface area contributed by atoms with Crippen LogP contribution in [-0.2, 0) is 0 Å². The predicted octanol–water partition coefficient (Wildman–Crippen LogP) is 0.854. The molecule has 4 N–H and O–H groups in total. The summed E-state index contributed by atoms with van der Waals surface area (Å²) in [6.07, 6.45) is 4.97. The topological polar surface area (TPSA) is 64.9 Å². The average molecular weight is 161 g/mol. The standard InChI is InChI=1S/C9H11N3/c1-7(10)5-9(11)8-3-2-4-12-6-8/h2-6H,1,10-11H2/b9-5-. The van der Waals surface area contributed by atoms with Crippen LogP contribution in [0.2, 0.25) is 0 Å². The summed E-state index contributed by atoms with van der Waals surface area (Å²) in [6, 6.07) is 3.68. The van der Waals surface area contributed by atoms with E-state index in [1.807, 2.05) is 12.1 Å². The van der Waals surface area contributed by atoms with E-state index in [0.717, 1.165) is 5.56 Å². The third-order valence-electron chi connectivity index (χ3n) is 1.34. The minimum absolute atomic E-state index is 0.441. The van der Waals surface area contributed by atoms with Crippen LogP contribution >= 0.6 is 0 Å². The average Bonchev–Trinajstić information content (AvgIpc) is 2.05. The van der Waals surface area contributed by atoms with Crippen LogP contribution in [0.5, 0.6) is 0 Å². The highest BCUT2D eigenvalue weighted by atomic mass is 14.7. The summed E-state index contributed by atoms with van der Waals surface area (Å²) >= 11 is 0. The molecule has 0 bridgehead atoms. The van der Waals surface area contributed by atoms with Crippen LogP contribution in [0.3, 0.4) is 0 Å². The Morgan fingerprint density at radius 2 is 2.25 bits per heavy atom. The Morgan fingerprint density at radius 3 is 2.75 bits per heavy atom. The van der Waals surface area contributed by atoms with Gasteiger partial charge in [0.1, 0.15) is 0 Å². The highest BCUT2D eigenvalue weighted by Crippen LogP contribution is 2.06. The van der Waals surface area contributed by atoms with Crippen molar-refractivity contribution in [2.75, 3.05) is 0 Å². The van der Waals surface area contributed by atoms with Crippen molar-refractivity contribution in [2.45, 2.75) is 0 Å². The van der Waals surface area contributed by atoms with E-state index in [2.05, 4.69) is 11.6 Å². The van der Waals surface area contributed by atoms with E-state index in [9.17, 15) is 0 Å². The van der Waals surface area contributed by atoms with E-state index in [4.69, 9.17) is 11.5 Å². The van der Waals surface area contributed by atoms with Crippen molar-refractivity contribution in [2.24, 2.45) is 11.5 Å². The molecule has 0 aliphatic rings. The lowest BCUT2D eigenvalue weighted by molar-refractivity contribution is 1.29. The second kappa shape index (κ2) is 3.57. The van der Waals surface area contributed by atoms with Gasteiger partial charge in [0.15, 0.2) is 0 Å². The summed E-state index contributed by atoms with van der Waals surface area (Å²) in [5.74, 6) is 0. The van der Waals surface area contributed by atoms with Crippen LogP contribution in [0.4, 0.5) is 0 Å². The summed E-state index contributed by atoms with van der Waals surface area (Å²) in [4.78, 5) is 3.92. The maximum Gasteiger partial charge on any atom is 0.0423 e. The summed E-state index contributed by atoms with van der Waals surface area (Å²) in [6.45, 7) is 3.52. The van der Waals surface area contributed by atoms with Crippen molar-refractivity contribution >= 4 is 5.70 Å². The Hall–Kier alpha value is -1.77. The van der Waals surface area contributed by atoms with Crippen molar-refractivity contribution in [1.82, 2.24) is 4.98 Å². The molecule has 62 valence electrons. The maximum absolute atomic E-state index is 5.68. The highest BCUT2D eigenvalue weighted by molar-refractivity contribution is 5.63. The summed E-state index contributed by atoms with van der Waals surface area (Å²) in [5, 5.41) is 0. The van der Waals surface area contributed by atoms with Crippen molar-refractivity contribution in [3.8, 4) is 0 Å². The minimum atomic E-state index is 0.441. The zero-order valence-electron chi connectivity index (χ0n) is 6.70. The zero-order chi connectivity index (χ0) is 8.97. The van der Waals surface area contributed by atoms with Gasteiger partial charge in [-0.15, -0.1) is 0 Å². The van der Waals surface area contributed by atoms with Crippen LogP contribution in [0.25, 0.3) is 5.70 Å². The van der Waals surface area contributed by atoms with Crippen molar-refractivity contribution in [1.29, 1.82) is 0 Å². The fourth-order valence-corrected chi connectivity index (χ4v) is 0.817. The van der Waals surface area contributed by atoms with Gasteiger partial charge in [-0.1, -0.05) is 6.58 Å². The van der Waals surface area contributed by atoms with Gasteiger partial charge in [0.25, 0.3) is 0 Å². The van der Waals surface area contributed by atoms with Crippen molar-refractivity contribution < 1.29 is 0 Å². The second-order valence-corrected chi connectivity index (χ2v) is 2.42. The summed E-state index contributed by atoms with van der Waals surface area (Å²) in [5.41, 5.74) is 12.9. The van der Waals surface area contributed by atoms with Crippen LogP contribution in [0, 0.1) is 0 Å². The van der Waals surface area contributed by atoms with E-state index in [-0.39, 0.29) is 0 Å². The first kappa shape index (κ1) is 8.33. The van der Waals surface area contributed by atoms with Gasteiger partial charge in [0, 0.05) is 29.4 Å². The lowest BCUT2D eigenvalue weighted by Crippen LogP contribution is -2.00. The molecule has 12 heavy (non-hydrogen) atoms. The SMILES string of the molecule is C=C(N)/C=C(\N)c1cccnc1. The van der Waals surface area contributed by atoms with Crippen LogP contribution in [0.1, 0.15) is 5.56 Å².